The number of hydrogen-bond donors (Lipinski definition) is 2. The molecule has 0 bridgehead atoms. The van der Waals surface area contributed by atoms with Gasteiger partial charge in [-0.15, -0.1) is 0 Å². The van der Waals surface area contributed by atoms with E-state index in [4.69, 9.17) is 5.73 Å². The van der Waals surface area contributed by atoms with Crippen LogP contribution in [0.4, 0.5) is 0 Å². The Morgan fingerprint density at radius 3 is 1.87 bits per heavy atom. The normalized spacial score (nSPS) is 12.7. The highest BCUT2D eigenvalue weighted by molar-refractivity contribution is 5.75. The van der Waals surface area contributed by atoms with Gasteiger partial charge in [0.15, 0.2) is 0 Å². The Hall–Kier alpha value is -0.830. The zero-order valence-electron chi connectivity index (χ0n) is 15.6. The summed E-state index contributed by atoms with van der Waals surface area (Å²) in [7, 11) is 0. The molecular weight excluding hydrogens is 284 g/mol. The number of allylic oxidation sites excluding steroid dienone is 2. The zero-order chi connectivity index (χ0) is 17.2. The maximum atomic E-state index is 11.4. The molecule has 0 aliphatic heterocycles. The molecule has 0 heterocycles. The van der Waals surface area contributed by atoms with Crippen molar-refractivity contribution in [1.29, 1.82) is 0 Å². The maximum absolute atomic E-state index is 11.4. The fourth-order valence-electron chi connectivity index (χ4n) is 2.68. The van der Waals surface area contributed by atoms with Crippen LogP contribution in [0.2, 0.25) is 0 Å². The molecule has 1 unspecified atom stereocenters. The molecule has 0 aliphatic carbocycles. The molecule has 0 aromatic heterocycles. The average Bonchev–Trinajstić information content (AvgIpc) is 2.50. The highest BCUT2D eigenvalue weighted by Crippen LogP contribution is 2.09. The third-order valence-electron chi connectivity index (χ3n) is 4.05. The van der Waals surface area contributed by atoms with Crippen molar-refractivity contribution in [2.75, 3.05) is 0 Å². The first-order valence-corrected chi connectivity index (χ1v) is 9.86. The second-order valence-electron chi connectivity index (χ2n) is 6.69. The lowest BCUT2D eigenvalue weighted by Crippen LogP contribution is -2.38. The summed E-state index contributed by atoms with van der Waals surface area (Å²) >= 11 is 0. The van der Waals surface area contributed by atoms with Crippen LogP contribution in [0.15, 0.2) is 12.2 Å². The van der Waals surface area contributed by atoms with Crippen LogP contribution < -0.4 is 11.1 Å². The summed E-state index contributed by atoms with van der Waals surface area (Å²) in [6, 6.07) is 0. The molecule has 23 heavy (non-hydrogen) atoms. The molecule has 1 atom stereocenters. The van der Waals surface area contributed by atoms with Crippen LogP contribution >= 0.6 is 0 Å². The number of carbonyl (C=O) groups excluding carboxylic acids is 1. The van der Waals surface area contributed by atoms with Gasteiger partial charge in [-0.1, -0.05) is 70.4 Å². The predicted molar refractivity (Wildman–Crippen MR) is 101 cm³/mol. The molecular formula is C20H40N2O. The largest absolute Gasteiger partial charge is 0.341 e. The van der Waals surface area contributed by atoms with E-state index in [0.29, 0.717) is 6.42 Å². The number of unbranched alkanes of at least 4 members (excludes halogenated alkanes) is 11. The Morgan fingerprint density at radius 1 is 0.870 bits per heavy atom. The molecule has 0 fully saturated rings. The van der Waals surface area contributed by atoms with Gasteiger partial charge < -0.3 is 11.1 Å². The molecule has 0 aromatic carbocycles. The van der Waals surface area contributed by atoms with Gasteiger partial charge in [-0.25, -0.2) is 0 Å². The first-order chi connectivity index (χ1) is 11.2. The first kappa shape index (κ1) is 22.2. The number of carbonyl (C=O) groups is 1. The van der Waals surface area contributed by atoms with Crippen molar-refractivity contribution in [2.24, 2.45) is 5.73 Å². The molecule has 1 amide bonds. The number of nitrogens with one attached hydrogen (secondary N) is 1. The SMILES string of the molecule is CCCCCCCC/C=C\CCCCCCCC(=O)NC(C)N. The summed E-state index contributed by atoms with van der Waals surface area (Å²) in [6.45, 7) is 4.06. The van der Waals surface area contributed by atoms with Crippen molar-refractivity contribution < 1.29 is 4.79 Å². The topological polar surface area (TPSA) is 55.1 Å². The summed E-state index contributed by atoms with van der Waals surface area (Å²) in [6.07, 6.45) is 21.7. The van der Waals surface area contributed by atoms with Crippen LogP contribution in [-0.2, 0) is 4.79 Å². The molecule has 0 saturated heterocycles. The summed E-state index contributed by atoms with van der Waals surface area (Å²) < 4.78 is 0. The smallest absolute Gasteiger partial charge is 0.221 e. The third kappa shape index (κ3) is 19.1. The van der Waals surface area contributed by atoms with E-state index in [2.05, 4.69) is 24.4 Å². The van der Waals surface area contributed by atoms with Gasteiger partial charge in [0.05, 0.1) is 6.17 Å². The zero-order valence-corrected chi connectivity index (χ0v) is 15.6. The van der Waals surface area contributed by atoms with Gasteiger partial charge in [-0.05, 0) is 39.0 Å². The Balaban J connectivity index is 3.18. The lowest BCUT2D eigenvalue weighted by atomic mass is 10.1. The quantitative estimate of drug-likeness (QED) is 0.225. The summed E-state index contributed by atoms with van der Waals surface area (Å²) in [5.41, 5.74) is 5.51. The minimum absolute atomic E-state index is 0.0811. The Kier molecular flexibility index (Phi) is 16.9. The summed E-state index contributed by atoms with van der Waals surface area (Å²) in [5, 5.41) is 2.72. The predicted octanol–water partition coefficient (Wildman–Crippen LogP) is 5.44. The van der Waals surface area contributed by atoms with E-state index in [-0.39, 0.29) is 12.1 Å². The van der Waals surface area contributed by atoms with E-state index in [0.717, 1.165) is 12.8 Å². The van der Waals surface area contributed by atoms with Crippen LogP contribution in [0, 0.1) is 0 Å². The molecule has 0 saturated carbocycles. The molecule has 0 rings (SSSR count). The van der Waals surface area contributed by atoms with Crippen molar-refractivity contribution in [3.05, 3.63) is 12.2 Å². The van der Waals surface area contributed by atoms with Crippen LogP contribution in [0.3, 0.4) is 0 Å². The van der Waals surface area contributed by atoms with E-state index in [1.807, 2.05) is 0 Å². The average molecular weight is 325 g/mol. The standard InChI is InChI=1S/C20H40N2O/c1-3-4-5-6-7-8-9-10-11-12-13-14-15-16-17-18-20(23)22-19(2)21/h10-11,19H,3-9,12-18,21H2,1-2H3,(H,22,23)/b11-10-. The molecule has 136 valence electrons. The van der Waals surface area contributed by atoms with Crippen LogP contribution in [0.1, 0.15) is 104 Å². The fourth-order valence-corrected chi connectivity index (χ4v) is 2.68. The highest BCUT2D eigenvalue weighted by atomic mass is 16.1. The molecule has 3 nitrogen and oxygen atoms in total. The van der Waals surface area contributed by atoms with Crippen LogP contribution in [-0.4, -0.2) is 12.1 Å². The van der Waals surface area contributed by atoms with Crippen molar-refractivity contribution >= 4 is 5.91 Å². The first-order valence-electron chi connectivity index (χ1n) is 9.86. The van der Waals surface area contributed by atoms with E-state index < -0.39 is 0 Å². The summed E-state index contributed by atoms with van der Waals surface area (Å²) in [4.78, 5) is 11.4. The summed E-state index contributed by atoms with van der Waals surface area (Å²) in [5.74, 6) is 0.0811. The maximum Gasteiger partial charge on any atom is 0.221 e. The van der Waals surface area contributed by atoms with Gasteiger partial charge in [0.2, 0.25) is 5.91 Å². The van der Waals surface area contributed by atoms with Gasteiger partial charge in [0, 0.05) is 6.42 Å². The Bertz CT molecular complexity index is 287. The van der Waals surface area contributed by atoms with Gasteiger partial charge in [0.1, 0.15) is 0 Å². The van der Waals surface area contributed by atoms with E-state index in [9.17, 15) is 4.79 Å². The lowest BCUT2D eigenvalue weighted by Gasteiger charge is -2.07. The molecule has 0 radical (unpaired) electrons. The molecule has 0 aromatic rings. The van der Waals surface area contributed by atoms with Gasteiger partial charge in [0.25, 0.3) is 0 Å². The monoisotopic (exact) mass is 324 g/mol. The second kappa shape index (κ2) is 17.5. The lowest BCUT2D eigenvalue weighted by molar-refractivity contribution is -0.121. The minimum Gasteiger partial charge on any atom is -0.341 e. The number of nitrogens with two attached hydrogens (primary N) is 1. The number of rotatable bonds is 16. The van der Waals surface area contributed by atoms with Crippen molar-refractivity contribution in [1.82, 2.24) is 5.32 Å². The number of amides is 1. The molecule has 3 heteroatoms. The van der Waals surface area contributed by atoms with E-state index in [1.54, 1.807) is 6.92 Å². The van der Waals surface area contributed by atoms with Crippen molar-refractivity contribution in [2.45, 2.75) is 110 Å². The Morgan fingerprint density at radius 2 is 1.35 bits per heavy atom. The van der Waals surface area contributed by atoms with Crippen LogP contribution in [0.5, 0.6) is 0 Å². The van der Waals surface area contributed by atoms with Gasteiger partial charge in [-0.2, -0.15) is 0 Å². The highest BCUT2D eigenvalue weighted by Gasteiger charge is 2.02. The molecule has 3 N–H and O–H groups in total. The third-order valence-corrected chi connectivity index (χ3v) is 4.05. The minimum atomic E-state index is -0.231. The molecule has 0 spiro atoms. The van der Waals surface area contributed by atoms with E-state index >= 15 is 0 Å². The molecule has 0 aliphatic rings. The van der Waals surface area contributed by atoms with Crippen molar-refractivity contribution in [3.63, 3.8) is 0 Å². The van der Waals surface area contributed by atoms with Gasteiger partial charge >= 0.3 is 0 Å². The van der Waals surface area contributed by atoms with Crippen LogP contribution in [0.25, 0.3) is 0 Å². The second-order valence-corrected chi connectivity index (χ2v) is 6.69. The van der Waals surface area contributed by atoms with Gasteiger partial charge in [-0.3, -0.25) is 4.79 Å². The fraction of sp³-hybridized carbons (Fsp3) is 0.850. The number of hydrogen-bond acceptors (Lipinski definition) is 2. The van der Waals surface area contributed by atoms with E-state index in [1.165, 1.54) is 70.6 Å². The van der Waals surface area contributed by atoms with Crippen molar-refractivity contribution in [3.8, 4) is 0 Å². The Labute approximate surface area is 144 Å².